The first-order valence-corrected chi connectivity index (χ1v) is 10.9. The van der Waals surface area contributed by atoms with Crippen molar-refractivity contribution in [1.29, 1.82) is 0 Å². The maximum Gasteiger partial charge on any atom is 0.343 e. The lowest BCUT2D eigenvalue weighted by Gasteiger charge is -2.37. The molecule has 3 fully saturated rings. The Balaban J connectivity index is 1.25. The number of carbonyl (C=O) groups excluding carboxylic acids is 4. The molecular weight excluding hydrogens is 406 g/mol. The Bertz CT molecular complexity index is 1180. The lowest BCUT2D eigenvalue weighted by Crippen LogP contribution is -2.40. The van der Waals surface area contributed by atoms with E-state index in [-0.39, 0.29) is 46.8 Å². The normalized spacial score (nSPS) is 31.3. The molecule has 5 aliphatic rings. The third kappa shape index (κ3) is 2.72. The minimum absolute atomic E-state index is 0.0722. The molecule has 0 N–H and O–H groups in total. The Labute approximate surface area is 184 Å². The van der Waals surface area contributed by atoms with E-state index in [1.54, 1.807) is 42.5 Å². The molecule has 6 heteroatoms. The van der Waals surface area contributed by atoms with E-state index in [1.807, 2.05) is 0 Å². The highest BCUT2D eigenvalue weighted by Gasteiger charge is 2.67. The highest BCUT2D eigenvalue weighted by Crippen LogP contribution is 2.65. The average Bonchev–Trinajstić information content (AvgIpc) is 3.57. The molecule has 1 saturated heterocycles. The molecule has 0 aromatic heterocycles. The van der Waals surface area contributed by atoms with Gasteiger partial charge >= 0.3 is 5.97 Å². The van der Waals surface area contributed by atoms with Crippen molar-refractivity contribution in [2.75, 3.05) is 4.90 Å². The van der Waals surface area contributed by atoms with Gasteiger partial charge in [-0.2, -0.15) is 0 Å². The first-order chi connectivity index (χ1) is 15.4. The molecule has 2 aromatic rings. The van der Waals surface area contributed by atoms with Crippen LogP contribution in [0.5, 0.6) is 5.75 Å². The van der Waals surface area contributed by atoms with Crippen LogP contribution in [0.2, 0.25) is 0 Å². The summed E-state index contributed by atoms with van der Waals surface area (Å²) in [7, 11) is 0. The fraction of sp³-hybridized carbons (Fsp3) is 0.308. The number of nitrogens with zero attached hydrogens (tertiary/aromatic N) is 1. The van der Waals surface area contributed by atoms with Crippen molar-refractivity contribution in [3.63, 3.8) is 0 Å². The second-order valence-electron chi connectivity index (χ2n) is 9.19. The van der Waals surface area contributed by atoms with E-state index >= 15 is 0 Å². The van der Waals surface area contributed by atoms with E-state index in [4.69, 9.17) is 4.74 Å². The van der Waals surface area contributed by atoms with Crippen LogP contribution < -0.4 is 9.64 Å². The Kier molecular flexibility index (Phi) is 4.03. The van der Waals surface area contributed by atoms with Gasteiger partial charge in [0, 0.05) is 5.56 Å². The second-order valence-corrected chi connectivity index (χ2v) is 9.19. The molecule has 0 unspecified atom stereocenters. The van der Waals surface area contributed by atoms with Gasteiger partial charge in [0.25, 0.3) is 0 Å². The number of imide groups is 1. The van der Waals surface area contributed by atoms with Crippen molar-refractivity contribution in [3.05, 3.63) is 71.8 Å². The van der Waals surface area contributed by atoms with Gasteiger partial charge in [0.05, 0.1) is 23.1 Å². The maximum absolute atomic E-state index is 13.3. The summed E-state index contributed by atoms with van der Waals surface area (Å²) >= 11 is 0. The summed E-state index contributed by atoms with van der Waals surface area (Å²) < 4.78 is 5.42. The van der Waals surface area contributed by atoms with Crippen LogP contribution in [0.4, 0.5) is 5.69 Å². The van der Waals surface area contributed by atoms with Gasteiger partial charge in [-0.15, -0.1) is 0 Å². The minimum Gasteiger partial charge on any atom is -0.423 e. The molecule has 2 saturated carbocycles. The number of ketones is 1. The monoisotopic (exact) mass is 427 g/mol. The number of Topliss-reactive ketones (excluding diaryl/α,β-unsaturated/α-hetero) is 1. The Hall–Kier alpha value is -3.54. The zero-order valence-corrected chi connectivity index (χ0v) is 17.4. The molecule has 1 aliphatic heterocycles. The van der Waals surface area contributed by atoms with Crippen molar-refractivity contribution < 1.29 is 23.9 Å². The molecule has 7 rings (SSSR count). The fourth-order valence-electron chi connectivity index (χ4n) is 5.91. The topological polar surface area (TPSA) is 80.8 Å². The van der Waals surface area contributed by atoms with E-state index in [0.29, 0.717) is 28.8 Å². The average molecular weight is 427 g/mol. The molecule has 160 valence electrons. The molecule has 0 radical (unpaired) electrons. The SMILES string of the molecule is CC(=O)c1ccc(OC(=O)c2cccc(N3C(=O)[C@@H]4[C@H]5C=C[C@@H]([C@@H]6C[C@@H]56)[C@@H]4C3=O)c2)cc1. The van der Waals surface area contributed by atoms with Gasteiger partial charge in [0.2, 0.25) is 11.8 Å². The first-order valence-electron chi connectivity index (χ1n) is 10.9. The highest BCUT2D eigenvalue weighted by molar-refractivity contribution is 6.23. The van der Waals surface area contributed by atoms with Gasteiger partial charge in [-0.1, -0.05) is 18.2 Å². The number of benzene rings is 2. The summed E-state index contributed by atoms with van der Waals surface area (Å²) in [5.74, 6) is 0.159. The first kappa shape index (κ1) is 19.2. The molecule has 4 aliphatic carbocycles. The van der Waals surface area contributed by atoms with E-state index in [2.05, 4.69) is 12.2 Å². The number of ether oxygens (including phenoxy) is 1. The van der Waals surface area contributed by atoms with Crippen LogP contribution in [0.3, 0.4) is 0 Å². The quantitative estimate of drug-likeness (QED) is 0.245. The van der Waals surface area contributed by atoms with E-state index in [9.17, 15) is 19.2 Å². The zero-order chi connectivity index (χ0) is 22.1. The van der Waals surface area contributed by atoms with Crippen molar-refractivity contribution in [2.24, 2.45) is 35.5 Å². The van der Waals surface area contributed by atoms with Crippen molar-refractivity contribution in [1.82, 2.24) is 0 Å². The standard InChI is InChI=1S/C26H21NO5/c1-13(28)14-5-7-17(8-6-14)32-26(31)15-3-2-4-16(11-15)27-24(29)22-18-9-10-19(21-12-20(18)21)23(22)25(27)30/h2-11,18-23H,12H2,1H3/t18-,19-,20-,21-,22-,23+/m0/s1. The largest absolute Gasteiger partial charge is 0.423 e. The molecular formula is C26H21NO5. The number of amides is 2. The van der Waals surface area contributed by atoms with Crippen molar-refractivity contribution in [2.45, 2.75) is 13.3 Å². The summed E-state index contributed by atoms with van der Waals surface area (Å²) in [5, 5.41) is 0. The van der Waals surface area contributed by atoms with Crippen LogP contribution in [-0.2, 0) is 9.59 Å². The van der Waals surface area contributed by atoms with Gasteiger partial charge in [-0.05, 0) is 79.5 Å². The molecule has 0 spiro atoms. The number of esters is 1. The van der Waals surface area contributed by atoms with E-state index in [0.717, 1.165) is 6.42 Å². The highest BCUT2D eigenvalue weighted by atomic mass is 16.5. The molecule has 2 amide bonds. The summed E-state index contributed by atoms with van der Waals surface area (Å²) in [5.41, 5.74) is 1.18. The van der Waals surface area contributed by atoms with Gasteiger partial charge in [-0.25, -0.2) is 9.69 Å². The van der Waals surface area contributed by atoms with E-state index < -0.39 is 5.97 Å². The van der Waals surface area contributed by atoms with E-state index in [1.165, 1.54) is 17.9 Å². The van der Waals surface area contributed by atoms with Crippen molar-refractivity contribution in [3.8, 4) is 5.75 Å². The lowest BCUT2D eigenvalue weighted by atomic mass is 9.63. The predicted octanol–water partition coefficient (Wildman–Crippen LogP) is 3.67. The van der Waals surface area contributed by atoms with Crippen LogP contribution in [-0.4, -0.2) is 23.6 Å². The summed E-state index contributed by atoms with van der Waals surface area (Å²) in [6.07, 6.45) is 5.39. The second kappa shape index (κ2) is 6.73. The Morgan fingerprint density at radius 2 is 1.50 bits per heavy atom. The third-order valence-electron chi connectivity index (χ3n) is 7.47. The molecule has 2 aromatic carbocycles. The summed E-state index contributed by atoms with van der Waals surface area (Å²) in [6.45, 7) is 1.47. The van der Waals surface area contributed by atoms with Crippen LogP contribution in [0.15, 0.2) is 60.7 Å². The van der Waals surface area contributed by atoms with Gasteiger partial charge < -0.3 is 4.74 Å². The molecule has 1 heterocycles. The van der Waals surface area contributed by atoms with Crippen LogP contribution in [0, 0.1) is 35.5 Å². The third-order valence-corrected chi connectivity index (χ3v) is 7.47. The smallest absolute Gasteiger partial charge is 0.343 e. The number of hydrogen-bond acceptors (Lipinski definition) is 5. The zero-order valence-electron chi connectivity index (χ0n) is 17.4. The molecule has 2 bridgehead atoms. The van der Waals surface area contributed by atoms with Crippen LogP contribution >= 0.6 is 0 Å². The Morgan fingerprint density at radius 3 is 2.09 bits per heavy atom. The number of rotatable bonds is 4. The van der Waals surface area contributed by atoms with Gasteiger partial charge in [0.15, 0.2) is 5.78 Å². The number of carbonyl (C=O) groups is 4. The van der Waals surface area contributed by atoms with Crippen molar-refractivity contribution >= 4 is 29.3 Å². The fourth-order valence-corrected chi connectivity index (χ4v) is 5.91. The number of hydrogen-bond donors (Lipinski definition) is 0. The molecule has 32 heavy (non-hydrogen) atoms. The molecule has 6 nitrogen and oxygen atoms in total. The van der Waals surface area contributed by atoms with Gasteiger partial charge in [0.1, 0.15) is 5.75 Å². The Morgan fingerprint density at radius 1 is 0.875 bits per heavy atom. The minimum atomic E-state index is -0.595. The predicted molar refractivity (Wildman–Crippen MR) is 115 cm³/mol. The lowest BCUT2D eigenvalue weighted by molar-refractivity contribution is -0.124. The van der Waals surface area contributed by atoms with Crippen LogP contribution in [0.1, 0.15) is 34.1 Å². The maximum atomic E-state index is 13.3. The summed E-state index contributed by atoms with van der Waals surface area (Å²) in [6, 6.07) is 12.8. The summed E-state index contributed by atoms with van der Waals surface area (Å²) in [4.78, 5) is 51.9. The number of anilines is 1. The van der Waals surface area contributed by atoms with Gasteiger partial charge in [-0.3, -0.25) is 14.4 Å². The number of allylic oxidation sites excluding steroid dienone is 2. The molecule has 6 atom stereocenters. The van der Waals surface area contributed by atoms with Crippen LogP contribution in [0.25, 0.3) is 0 Å².